The summed E-state index contributed by atoms with van der Waals surface area (Å²) in [5, 5.41) is 0. The van der Waals surface area contributed by atoms with Crippen LogP contribution >= 0.6 is 0 Å². The van der Waals surface area contributed by atoms with Gasteiger partial charge in [0, 0.05) is 0 Å². The van der Waals surface area contributed by atoms with Gasteiger partial charge in [-0.15, -0.1) is 0 Å². The first kappa shape index (κ1) is 18.4. The Balaban J connectivity index is 1.39. The molecule has 2 aromatic carbocycles. The molecule has 2 saturated carbocycles. The fraction of sp³-hybridized carbons (Fsp3) is 0.440. The molecule has 2 amide bonds. The summed E-state index contributed by atoms with van der Waals surface area (Å²) in [5.74, 6) is 2.57. The number of amides is 2. The second-order valence-corrected chi connectivity index (χ2v) is 9.19. The van der Waals surface area contributed by atoms with E-state index in [9.17, 15) is 9.59 Å². The molecule has 0 aromatic heterocycles. The van der Waals surface area contributed by atoms with E-state index in [1.165, 1.54) is 4.90 Å². The number of carbonyl (C=O) groups excluding carboxylic acids is 2. The van der Waals surface area contributed by atoms with Gasteiger partial charge in [-0.1, -0.05) is 26.0 Å². The highest BCUT2D eigenvalue weighted by molar-refractivity contribution is 6.22. The van der Waals surface area contributed by atoms with Crippen molar-refractivity contribution in [2.24, 2.45) is 23.7 Å². The average Bonchev–Trinajstić information content (AvgIpc) is 3.36. The predicted molar refractivity (Wildman–Crippen MR) is 112 cm³/mol. The van der Waals surface area contributed by atoms with Gasteiger partial charge in [-0.25, -0.2) is 0 Å². The van der Waals surface area contributed by atoms with Gasteiger partial charge < -0.3 is 4.74 Å². The van der Waals surface area contributed by atoms with Gasteiger partial charge in [0.05, 0.1) is 17.5 Å². The topological polar surface area (TPSA) is 46.6 Å². The van der Waals surface area contributed by atoms with E-state index >= 15 is 0 Å². The molecule has 0 radical (unpaired) electrons. The smallest absolute Gasteiger partial charge is 0.237 e. The van der Waals surface area contributed by atoms with Crippen molar-refractivity contribution in [2.75, 3.05) is 4.90 Å². The molecule has 2 bridgehead atoms. The highest BCUT2D eigenvalue weighted by Crippen LogP contribution is 2.56. The van der Waals surface area contributed by atoms with E-state index in [0.29, 0.717) is 29.2 Å². The summed E-state index contributed by atoms with van der Waals surface area (Å²) in [5.41, 5.74) is 2.97. The van der Waals surface area contributed by atoms with E-state index in [2.05, 4.69) is 32.9 Å². The molecule has 5 rings (SSSR count). The normalized spacial score (nSPS) is 27.8. The number of hydrogen-bond acceptors (Lipinski definition) is 3. The maximum atomic E-state index is 13.0. The van der Waals surface area contributed by atoms with Crippen LogP contribution in [-0.2, 0) is 9.59 Å². The zero-order valence-electron chi connectivity index (χ0n) is 17.2. The standard InChI is InChI=1S/C25H27NO3/c1-14(2)20-11-4-15(3)12-21(20)29-19-9-7-18(8-10-19)26-24(27)22-16-5-6-17(13-16)23(22)25(26)28/h4,7-12,14,16-17,22-23H,5-6,13H2,1-3H3/t16-,17-,22-,23+/m0/s1. The number of fused-ring (bicyclic) bond motifs is 5. The summed E-state index contributed by atoms with van der Waals surface area (Å²) in [4.78, 5) is 27.4. The summed E-state index contributed by atoms with van der Waals surface area (Å²) in [6.45, 7) is 6.35. The van der Waals surface area contributed by atoms with Crippen molar-refractivity contribution in [3.63, 3.8) is 0 Å². The van der Waals surface area contributed by atoms with Crippen molar-refractivity contribution >= 4 is 17.5 Å². The number of benzene rings is 2. The minimum absolute atomic E-state index is 0.00152. The molecule has 2 aliphatic carbocycles. The predicted octanol–water partition coefficient (Wildman–Crippen LogP) is 5.45. The van der Waals surface area contributed by atoms with Crippen LogP contribution in [0.2, 0.25) is 0 Å². The third kappa shape index (κ3) is 2.88. The SMILES string of the molecule is Cc1ccc(C(C)C)c(Oc2ccc(N3C(=O)[C@@H]4[C@H]5CC[C@@H](C5)[C@@H]4C3=O)cc2)c1. The number of hydrogen-bond donors (Lipinski definition) is 0. The van der Waals surface area contributed by atoms with Gasteiger partial charge in [-0.2, -0.15) is 0 Å². The van der Waals surface area contributed by atoms with Gasteiger partial charge in [-0.3, -0.25) is 14.5 Å². The first-order valence-electron chi connectivity index (χ1n) is 10.7. The lowest BCUT2D eigenvalue weighted by Crippen LogP contribution is -2.32. The first-order valence-corrected chi connectivity index (χ1v) is 10.7. The highest BCUT2D eigenvalue weighted by Gasteiger charge is 2.61. The lowest BCUT2D eigenvalue weighted by Gasteiger charge is -2.19. The number of imide groups is 1. The van der Waals surface area contributed by atoms with Crippen molar-refractivity contribution in [2.45, 2.75) is 46.0 Å². The number of nitrogens with zero attached hydrogens (tertiary/aromatic N) is 1. The number of ether oxygens (including phenoxy) is 1. The molecule has 4 atom stereocenters. The molecule has 3 aliphatic rings. The van der Waals surface area contributed by atoms with Gasteiger partial charge in [0.2, 0.25) is 11.8 Å². The summed E-state index contributed by atoms with van der Waals surface area (Å²) in [7, 11) is 0. The van der Waals surface area contributed by atoms with E-state index in [1.54, 1.807) is 0 Å². The quantitative estimate of drug-likeness (QED) is 0.654. The van der Waals surface area contributed by atoms with Crippen molar-refractivity contribution < 1.29 is 14.3 Å². The van der Waals surface area contributed by atoms with Crippen LogP contribution in [0.4, 0.5) is 5.69 Å². The zero-order valence-corrected chi connectivity index (χ0v) is 17.2. The monoisotopic (exact) mass is 389 g/mol. The van der Waals surface area contributed by atoms with Gasteiger partial charge >= 0.3 is 0 Å². The van der Waals surface area contributed by atoms with Crippen LogP contribution in [0.3, 0.4) is 0 Å². The maximum Gasteiger partial charge on any atom is 0.237 e. The van der Waals surface area contributed by atoms with Crippen molar-refractivity contribution in [1.29, 1.82) is 0 Å². The minimum Gasteiger partial charge on any atom is -0.457 e. The van der Waals surface area contributed by atoms with Crippen LogP contribution in [-0.4, -0.2) is 11.8 Å². The van der Waals surface area contributed by atoms with Crippen LogP contribution in [0.25, 0.3) is 0 Å². The van der Waals surface area contributed by atoms with Gasteiger partial charge in [-0.05, 0) is 85.4 Å². The summed E-state index contributed by atoms with van der Waals surface area (Å²) in [6, 6.07) is 13.6. The Morgan fingerprint density at radius 3 is 2.14 bits per heavy atom. The molecular weight excluding hydrogens is 362 g/mol. The van der Waals surface area contributed by atoms with Crippen LogP contribution in [0.1, 0.15) is 50.2 Å². The Kier molecular flexibility index (Phi) is 4.27. The highest BCUT2D eigenvalue weighted by atomic mass is 16.5. The van der Waals surface area contributed by atoms with Crippen molar-refractivity contribution in [3.05, 3.63) is 53.6 Å². The van der Waals surface area contributed by atoms with Gasteiger partial charge in [0.25, 0.3) is 0 Å². The summed E-state index contributed by atoms with van der Waals surface area (Å²) in [6.07, 6.45) is 3.25. The Labute approximate surface area is 171 Å². The fourth-order valence-electron chi connectivity index (χ4n) is 5.66. The number of anilines is 1. The van der Waals surface area contributed by atoms with Crippen LogP contribution in [0.15, 0.2) is 42.5 Å². The first-order chi connectivity index (χ1) is 13.9. The molecule has 1 saturated heterocycles. The average molecular weight is 389 g/mol. The van der Waals surface area contributed by atoms with E-state index in [0.717, 1.165) is 36.1 Å². The van der Waals surface area contributed by atoms with E-state index in [1.807, 2.05) is 30.3 Å². The molecule has 1 heterocycles. The molecule has 2 aromatic rings. The maximum absolute atomic E-state index is 13.0. The van der Waals surface area contributed by atoms with Crippen LogP contribution < -0.4 is 9.64 Å². The van der Waals surface area contributed by atoms with Gasteiger partial charge in [0.15, 0.2) is 0 Å². The van der Waals surface area contributed by atoms with Crippen molar-refractivity contribution in [3.8, 4) is 11.5 Å². The number of aryl methyl sites for hydroxylation is 1. The molecule has 1 aliphatic heterocycles. The summed E-state index contributed by atoms with van der Waals surface area (Å²) >= 11 is 0. The number of carbonyl (C=O) groups is 2. The molecule has 0 spiro atoms. The third-order valence-electron chi connectivity index (χ3n) is 7.04. The van der Waals surface area contributed by atoms with E-state index in [4.69, 9.17) is 4.74 Å². The Morgan fingerprint density at radius 1 is 0.931 bits per heavy atom. The molecule has 0 N–H and O–H groups in total. The van der Waals surface area contributed by atoms with E-state index in [-0.39, 0.29) is 23.7 Å². The fourth-order valence-corrected chi connectivity index (χ4v) is 5.66. The van der Waals surface area contributed by atoms with E-state index < -0.39 is 0 Å². The molecule has 150 valence electrons. The van der Waals surface area contributed by atoms with Crippen molar-refractivity contribution in [1.82, 2.24) is 0 Å². The Morgan fingerprint density at radius 2 is 1.55 bits per heavy atom. The minimum atomic E-state index is -0.0851. The molecule has 29 heavy (non-hydrogen) atoms. The molecular formula is C25H27NO3. The Hall–Kier alpha value is -2.62. The van der Waals surface area contributed by atoms with Crippen LogP contribution in [0.5, 0.6) is 11.5 Å². The molecule has 4 nitrogen and oxygen atoms in total. The third-order valence-corrected chi connectivity index (χ3v) is 7.04. The zero-order chi connectivity index (χ0) is 20.3. The van der Waals surface area contributed by atoms with Gasteiger partial charge in [0.1, 0.15) is 11.5 Å². The molecule has 0 unspecified atom stereocenters. The Bertz CT molecular complexity index is 950. The molecule has 4 heteroatoms. The van der Waals surface area contributed by atoms with Crippen LogP contribution in [0, 0.1) is 30.6 Å². The second-order valence-electron chi connectivity index (χ2n) is 9.19. The largest absolute Gasteiger partial charge is 0.457 e. The number of rotatable bonds is 4. The lowest BCUT2D eigenvalue weighted by molar-refractivity contribution is -0.123. The lowest BCUT2D eigenvalue weighted by atomic mass is 9.81. The molecule has 3 fully saturated rings. The second kappa shape index (κ2) is 6.72. The summed E-state index contributed by atoms with van der Waals surface area (Å²) < 4.78 is 6.15.